The molecule has 120 valence electrons. The maximum Gasteiger partial charge on any atom is 0.253 e. The predicted molar refractivity (Wildman–Crippen MR) is 89.4 cm³/mol. The minimum Gasteiger partial charge on any atom is -0.339 e. The molecule has 1 aromatic carbocycles. The molecule has 2 N–H and O–H groups in total. The van der Waals surface area contributed by atoms with E-state index in [-0.39, 0.29) is 23.8 Å². The van der Waals surface area contributed by atoms with Crippen molar-refractivity contribution in [1.29, 1.82) is 0 Å². The number of piperazine rings is 1. The number of amides is 2. The summed E-state index contributed by atoms with van der Waals surface area (Å²) in [5, 5.41) is 0. The molecule has 1 aliphatic heterocycles. The number of hydrogen-bond acceptors (Lipinski definition) is 3. The van der Waals surface area contributed by atoms with E-state index in [9.17, 15) is 9.59 Å². The van der Waals surface area contributed by atoms with E-state index in [0.717, 1.165) is 4.47 Å². The molecular formula is C16H22BrN3O2. The van der Waals surface area contributed by atoms with Crippen LogP contribution in [0.25, 0.3) is 0 Å². The molecule has 0 saturated carbocycles. The molecule has 2 atom stereocenters. The van der Waals surface area contributed by atoms with Gasteiger partial charge in [-0.1, -0.05) is 22.9 Å². The number of hydrogen-bond donors (Lipinski definition) is 1. The lowest BCUT2D eigenvalue weighted by molar-refractivity contribution is -0.137. The van der Waals surface area contributed by atoms with Crippen LogP contribution in [0.5, 0.6) is 0 Å². The standard InChI is InChI=1S/C16H22BrN3O2/c1-11(12(2)18)15(21)19-7-9-20(10-8-19)16(22)13-3-5-14(17)6-4-13/h3-6,11-12H,7-10,18H2,1-2H3. The van der Waals surface area contributed by atoms with Gasteiger partial charge in [-0.05, 0) is 31.2 Å². The van der Waals surface area contributed by atoms with Crippen molar-refractivity contribution < 1.29 is 9.59 Å². The Kier molecular flexibility index (Phi) is 5.58. The summed E-state index contributed by atoms with van der Waals surface area (Å²) < 4.78 is 0.948. The first-order chi connectivity index (χ1) is 10.4. The summed E-state index contributed by atoms with van der Waals surface area (Å²) in [5.74, 6) is -0.0979. The molecule has 0 aromatic heterocycles. The average molecular weight is 368 g/mol. The second-order valence-corrected chi connectivity index (χ2v) is 6.69. The Labute approximate surface area is 139 Å². The fraction of sp³-hybridized carbons (Fsp3) is 0.500. The SMILES string of the molecule is CC(N)C(C)C(=O)N1CCN(C(=O)c2ccc(Br)cc2)CC1. The average Bonchev–Trinajstić information content (AvgIpc) is 2.53. The highest BCUT2D eigenvalue weighted by atomic mass is 79.9. The Morgan fingerprint density at radius 1 is 1.05 bits per heavy atom. The van der Waals surface area contributed by atoms with Gasteiger partial charge in [0.2, 0.25) is 5.91 Å². The molecule has 1 aliphatic rings. The van der Waals surface area contributed by atoms with Crippen molar-refractivity contribution in [1.82, 2.24) is 9.80 Å². The number of nitrogens with zero attached hydrogens (tertiary/aromatic N) is 2. The van der Waals surface area contributed by atoms with Crippen molar-refractivity contribution in [2.75, 3.05) is 26.2 Å². The van der Waals surface area contributed by atoms with Crippen molar-refractivity contribution in [2.24, 2.45) is 11.7 Å². The molecule has 1 heterocycles. The third kappa shape index (κ3) is 3.87. The van der Waals surface area contributed by atoms with Crippen LogP contribution in [0.2, 0.25) is 0 Å². The van der Waals surface area contributed by atoms with Crippen LogP contribution in [0.4, 0.5) is 0 Å². The summed E-state index contributed by atoms with van der Waals surface area (Å²) >= 11 is 3.36. The van der Waals surface area contributed by atoms with E-state index in [1.165, 1.54) is 0 Å². The Morgan fingerprint density at radius 2 is 1.55 bits per heavy atom. The van der Waals surface area contributed by atoms with Gasteiger partial charge in [-0.2, -0.15) is 0 Å². The maximum absolute atomic E-state index is 12.4. The zero-order chi connectivity index (χ0) is 16.3. The van der Waals surface area contributed by atoms with E-state index < -0.39 is 0 Å². The van der Waals surface area contributed by atoms with Gasteiger partial charge in [0.05, 0.1) is 5.92 Å². The number of carbonyl (C=O) groups excluding carboxylic acids is 2. The molecular weight excluding hydrogens is 346 g/mol. The van der Waals surface area contributed by atoms with Gasteiger partial charge < -0.3 is 15.5 Å². The molecule has 2 unspecified atom stereocenters. The summed E-state index contributed by atoms with van der Waals surface area (Å²) in [4.78, 5) is 28.3. The van der Waals surface area contributed by atoms with Gasteiger partial charge in [0.25, 0.3) is 5.91 Å². The first kappa shape index (κ1) is 17.0. The van der Waals surface area contributed by atoms with Crippen molar-refractivity contribution in [3.63, 3.8) is 0 Å². The fourth-order valence-corrected chi connectivity index (χ4v) is 2.68. The monoisotopic (exact) mass is 367 g/mol. The quantitative estimate of drug-likeness (QED) is 0.884. The molecule has 0 aliphatic carbocycles. The van der Waals surface area contributed by atoms with Gasteiger partial charge >= 0.3 is 0 Å². The van der Waals surface area contributed by atoms with Crippen LogP contribution in [-0.4, -0.2) is 53.8 Å². The van der Waals surface area contributed by atoms with Crippen LogP contribution in [0.1, 0.15) is 24.2 Å². The number of nitrogens with two attached hydrogens (primary N) is 1. The molecule has 0 radical (unpaired) electrons. The van der Waals surface area contributed by atoms with Gasteiger partial charge in [-0.25, -0.2) is 0 Å². The molecule has 2 amide bonds. The Morgan fingerprint density at radius 3 is 2.05 bits per heavy atom. The van der Waals surface area contributed by atoms with Crippen molar-refractivity contribution >= 4 is 27.7 Å². The lowest BCUT2D eigenvalue weighted by atomic mass is 10.0. The lowest BCUT2D eigenvalue weighted by Gasteiger charge is -2.36. The van der Waals surface area contributed by atoms with Crippen LogP contribution >= 0.6 is 15.9 Å². The first-order valence-corrected chi connectivity index (χ1v) is 8.28. The summed E-state index contributed by atoms with van der Waals surface area (Å²) in [5.41, 5.74) is 6.46. The largest absolute Gasteiger partial charge is 0.339 e. The Bertz CT molecular complexity index is 537. The summed E-state index contributed by atoms with van der Waals surface area (Å²) in [6.07, 6.45) is 0. The molecule has 5 nitrogen and oxygen atoms in total. The highest BCUT2D eigenvalue weighted by Crippen LogP contribution is 2.15. The Balaban J connectivity index is 1.93. The van der Waals surface area contributed by atoms with Crippen LogP contribution in [0.15, 0.2) is 28.7 Å². The summed E-state index contributed by atoms with van der Waals surface area (Å²) in [6.45, 7) is 5.96. The van der Waals surface area contributed by atoms with E-state index in [1.807, 2.05) is 38.1 Å². The number of benzene rings is 1. The minimum absolute atomic E-state index is 0.0137. The van der Waals surface area contributed by atoms with Crippen LogP contribution in [0, 0.1) is 5.92 Å². The molecule has 1 fully saturated rings. The molecule has 22 heavy (non-hydrogen) atoms. The number of carbonyl (C=O) groups is 2. The lowest BCUT2D eigenvalue weighted by Crippen LogP contribution is -2.53. The highest BCUT2D eigenvalue weighted by Gasteiger charge is 2.28. The van der Waals surface area contributed by atoms with Gasteiger partial charge in [0, 0.05) is 42.3 Å². The fourth-order valence-electron chi connectivity index (χ4n) is 2.42. The maximum atomic E-state index is 12.4. The third-order valence-electron chi connectivity index (χ3n) is 4.15. The third-order valence-corrected chi connectivity index (χ3v) is 4.68. The van der Waals surface area contributed by atoms with Crippen LogP contribution in [0.3, 0.4) is 0 Å². The Hall–Kier alpha value is -1.40. The van der Waals surface area contributed by atoms with Crippen molar-refractivity contribution in [3.8, 4) is 0 Å². The molecule has 0 spiro atoms. The normalized spacial score (nSPS) is 18.0. The van der Waals surface area contributed by atoms with Gasteiger partial charge in [-0.15, -0.1) is 0 Å². The minimum atomic E-state index is -0.186. The van der Waals surface area contributed by atoms with Crippen LogP contribution in [-0.2, 0) is 4.79 Å². The topological polar surface area (TPSA) is 66.6 Å². The number of rotatable bonds is 3. The molecule has 1 aromatic rings. The second kappa shape index (κ2) is 7.24. The van der Waals surface area contributed by atoms with E-state index in [2.05, 4.69) is 15.9 Å². The summed E-state index contributed by atoms with van der Waals surface area (Å²) in [7, 11) is 0. The highest BCUT2D eigenvalue weighted by molar-refractivity contribution is 9.10. The van der Waals surface area contributed by atoms with Gasteiger partial charge in [-0.3, -0.25) is 9.59 Å². The molecule has 1 saturated heterocycles. The molecule has 0 bridgehead atoms. The smallest absolute Gasteiger partial charge is 0.253 e. The van der Waals surface area contributed by atoms with Gasteiger partial charge in [0.1, 0.15) is 0 Å². The van der Waals surface area contributed by atoms with E-state index in [1.54, 1.807) is 9.80 Å². The zero-order valence-electron chi connectivity index (χ0n) is 13.0. The van der Waals surface area contributed by atoms with E-state index >= 15 is 0 Å². The summed E-state index contributed by atoms with van der Waals surface area (Å²) in [6, 6.07) is 7.17. The van der Waals surface area contributed by atoms with E-state index in [0.29, 0.717) is 31.7 Å². The van der Waals surface area contributed by atoms with E-state index in [4.69, 9.17) is 5.73 Å². The predicted octanol–water partition coefficient (Wildman–Crippen LogP) is 1.72. The van der Waals surface area contributed by atoms with Crippen LogP contribution < -0.4 is 5.73 Å². The van der Waals surface area contributed by atoms with Crippen molar-refractivity contribution in [2.45, 2.75) is 19.9 Å². The zero-order valence-corrected chi connectivity index (χ0v) is 14.5. The number of halogens is 1. The second-order valence-electron chi connectivity index (χ2n) is 5.77. The van der Waals surface area contributed by atoms with Crippen molar-refractivity contribution in [3.05, 3.63) is 34.3 Å². The van der Waals surface area contributed by atoms with Gasteiger partial charge in [0.15, 0.2) is 0 Å². The first-order valence-electron chi connectivity index (χ1n) is 7.49. The molecule has 2 rings (SSSR count). The molecule has 6 heteroatoms.